The Morgan fingerprint density at radius 2 is 1.78 bits per heavy atom. The quantitative estimate of drug-likeness (QED) is 0.907. The molecule has 2 N–H and O–H groups in total. The van der Waals surface area contributed by atoms with Crippen LogP contribution in [0.1, 0.15) is 63.6 Å². The van der Waals surface area contributed by atoms with Crippen molar-refractivity contribution >= 4 is 11.9 Å². The first-order valence-corrected chi connectivity index (χ1v) is 7.80. The summed E-state index contributed by atoms with van der Waals surface area (Å²) in [4.78, 5) is 22.9. The topological polar surface area (TPSA) is 79.5 Å². The molecule has 1 atom stereocenters. The minimum Gasteiger partial charge on any atom is -0.475 e. The van der Waals surface area contributed by atoms with Crippen molar-refractivity contribution < 1.29 is 19.1 Å². The second-order valence-electron chi connectivity index (χ2n) is 5.90. The van der Waals surface area contributed by atoms with E-state index in [1.807, 2.05) is 13.0 Å². The lowest BCUT2D eigenvalue weighted by molar-refractivity contribution is 0.0659. The van der Waals surface area contributed by atoms with E-state index in [-0.39, 0.29) is 17.6 Å². The van der Waals surface area contributed by atoms with Crippen LogP contribution in [-0.4, -0.2) is 17.0 Å². The Morgan fingerprint density at radius 1 is 1.09 bits per heavy atom. The van der Waals surface area contributed by atoms with Gasteiger partial charge in [-0.05, 0) is 61.4 Å². The molecule has 5 heteroatoms. The number of hydrogen-bond acceptors (Lipinski definition) is 3. The fraction of sp³-hybridized carbons (Fsp3) is 0.333. The van der Waals surface area contributed by atoms with E-state index in [1.54, 1.807) is 0 Å². The Morgan fingerprint density at radius 3 is 2.48 bits per heavy atom. The van der Waals surface area contributed by atoms with Gasteiger partial charge >= 0.3 is 5.97 Å². The number of aryl methyl sites for hydroxylation is 2. The van der Waals surface area contributed by atoms with E-state index >= 15 is 0 Å². The summed E-state index contributed by atoms with van der Waals surface area (Å²) in [5.74, 6) is -1.83. The molecule has 0 bridgehead atoms. The number of furan rings is 1. The average molecular weight is 313 g/mol. The Bertz CT molecular complexity index is 747. The molecule has 0 saturated carbocycles. The number of amides is 1. The number of benzene rings is 1. The molecule has 23 heavy (non-hydrogen) atoms. The lowest BCUT2D eigenvalue weighted by Crippen LogP contribution is -2.26. The standard InChI is InChI=1S/C18H19NO4/c1-11(13-7-6-12-4-2-3-5-14(12)10-13)19-17(20)15-8-9-16(23-15)18(21)22/h6-11H,2-5H2,1H3,(H,19,20)(H,21,22). The van der Waals surface area contributed by atoms with Gasteiger partial charge in [-0.15, -0.1) is 0 Å². The maximum absolute atomic E-state index is 12.2. The fourth-order valence-corrected chi connectivity index (χ4v) is 2.95. The summed E-state index contributed by atoms with van der Waals surface area (Å²) in [6, 6.07) is 8.82. The molecule has 0 saturated heterocycles. The summed E-state index contributed by atoms with van der Waals surface area (Å²) in [5.41, 5.74) is 3.81. The van der Waals surface area contributed by atoms with E-state index in [1.165, 1.54) is 36.1 Å². The number of carboxylic acids is 1. The molecule has 0 aliphatic heterocycles. The van der Waals surface area contributed by atoms with Crippen LogP contribution in [0.15, 0.2) is 34.7 Å². The minimum absolute atomic E-state index is 0.00668. The molecular formula is C18H19NO4. The Labute approximate surface area is 134 Å². The first-order chi connectivity index (χ1) is 11.0. The third kappa shape index (κ3) is 3.28. The molecule has 2 aromatic rings. The highest BCUT2D eigenvalue weighted by atomic mass is 16.4. The van der Waals surface area contributed by atoms with E-state index in [0.29, 0.717) is 0 Å². The predicted molar refractivity (Wildman–Crippen MR) is 84.6 cm³/mol. The van der Waals surface area contributed by atoms with Crippen molar-refractivity contribution in [1.82, 2.24) is 5.32 Å². The van der Waals surface area contributed by atoms with Crippen LogP contribution in [0.2, 0.25) is 0 Å². The third-order valence-electron chi connectivity index (χ3n) is 4.26. The molecule has 1 aliphatic rings. The zero-order valence-corrected chi connectivity index (χ0v) is 13.0. The van der Waals surface area contributed by atoms with Gasteiger partial charge in [0.2, 0.25) is 5.76 Å². The highest BCUT2D eigenvalue weighted by Crippen LogP contribution is 2.25. The van der Waals surface area contributed by atoms with Crippen molar-refractivity contribution in [2.45, 2.75) is 38.6 Å². The zero-order valence-electron chi connectivity index (χ0n) is 13.0. The van der Waals surface area contributed by atoms with Crippen molar-refractivity contribution in [2.75, 3.05) is 0 Å². The third-order valence-corrected chi connectivity index (χ3v) is 4.26. The molecule has 1 amide bonds. The van der Waals surface area contributed by atoms with Gasteiger partial charge in [-0.1, -0.05) is 18.2 Å². The van der Waals surface area contributed by atoms with Crippen molar-refractivity contribution in [1.29, 1.82) is 0 Å². The van der Waals surface area contributed by atoms with E-state index in [9.17, 15) is 9.59 Å². The molecule has 0 radical (unpaired) electrons. The lowest BCUT2D eigenvalue weighted by Gasteiger charge is -2.19. The maximum Gasteiger partial charge on any atom is 0.371 e. The van der Waals surface area contributed by atoms with Gasteiger partial charge in [0.15, 0.2) is 5.76 Å². The Hall–Kier alpha value is -2.56. The molecule has 5 nitrogen and oxygen atoms in total. The largest absolute Gasteiger partial charge is 0.475 e. The van der Waals surface area contributed by atoms with Crippen LogP contribution in [0.25, 0.3) is 0 Å². The van der Waals surface area contributed by atoms with Crippen LogP contribution < -0.4 is 5.32 Å². The second-order valence-corrected chi connectivity index (χ2v) is 5.90. The van der Waals surface area contributed by atoms with E-state index in [2.05, 4.69) is 17.4 Å². The lowest BCUT2D eigenvalue weighted by atomic mass is 9.89. The number of hydrogen-bond donors (Lipinski definition) is 2. The van der Waals surface area contributed by atoms with Gasteiger partial charge in [0.25, 0.3) is 5.91 Å². The number of rotatable bonds is 4. The highest BCUT2D eigenvalue weighted by Gasteiger charge is 2.18. The summed E-state index contributed by atoms with van der Waals surface area (Å²) in [6.07, 6.45) is 4.66. The monoisotopic (exact) mass is 313 g/mol. The normalized spacial score (nSPS) is 14.8. The van der Waals surface area contributed by atoms with Gasteiger partial charge < -0.3 is 14.8 Å². The first-order valence-electron chi connectivity index (χ1n) is 7.80. The van der Waals surface area contributed by atoms with Crippen molar-refractivity contribution in [3.63, 3.8) is 0 Å². The summed E-state index contributed by atoms with van der Waals surface area (Å²) < 4.78 is 5.02. The molecule has 1 aromatic heterocycles. The molecule has 0 fully saturated rings. The number of carbonyl (C=O) groups excluding carboxylic acids is 1. The van der Waals surface area contributed by atoms with Crippen molar-refractivity contribution in [3.8, 4) is 0 Å². The van der Waals surface area contributed by atoms with Crippen LogP contribution in [0.4, 0.5) is 0 Å². The molecule has 1 aromatic carbocycles. The number of carboxylic acid groups (broad SMARTS) is 1. The zero-order chi connectivity index (χ0) is 16.4. The van der Waals surface area contributed by atoms with Gasteiger partial charge in [0, 0.05) is 0 Å². The van der Waals surface area contributed by atoms with Gasteiger partial charge in [-0.25, -0.2) is 4.79 Å². The molecule has 1 unspecified atom stereocenters. The van der Waals surface area contributed by atoms with Gasteiger partial charge in [-0.2, -0.15) is 0 Å². The summed E-state index contributed by atoms with van der Waals surface area (Å²) in [7, 11) is 0. The SMILES string of the molecule is CC(NC(=O)c1ccc(C(=O)O)o1)c1ccc2c(c1)CCCC2. The molecule has 1 heterocycles. The number of carbonyl (C=O) groups is 2. The molecule has 120 valence electrons. The fourth-order valence-electron chi connectivity index (χ4n) is 2.95. The number of fused-ring (bicyclic) bond motifs is 1. The molecular weight excluding hydrogens is 294 g/mol. The van der Waals surface area contributed by atoms with E-state index in [4.69, 9.17) is 9.52 Å². The van der Waals surface area contributed by atoms with E-state index in [0.717, 1.165) is 18.4 Å². The van der Waals surface area contributed by atoms with E-state index < -0.39 is 11.9 Å². The first kappa shape index (κ1) is 15.3. The van der Waals surface area contributed by atoms with Crippen LogP contribution in [0, 0.1) is 0 Å². The van der Waals surface area contributed by atoms with Crippen LogP contribution in [0.3, 0.4) is 0 Å². The minimum atomic E-state index is -1.19. The smallest absolute Gasteiger partial charge is 0.371 e. The van der Waals surface area contributed by atoms with Crippen LogP contribution in [-0.2, 0) is 12.8 Å². The molecule has 1 aliphatic carbocycles. The van der Waals surface area contributed by atoms with Crippen LogP contribution >= 0.6 is 0 Å². The maximum atomic E-state index is 12.2. The summed E-state index contributed by atoms with van der Waals surface area (Å²) >= 11 is 0. The summed E-state index contributed by atoms with van der Waals surface area (Å²) in [6.45, 7) is 1.91. The Balaban J connectivity index is 1.71. The van der Waals surface area contributed by atoms with Crippen molar-refractivity contribution in [2.24, 2.45) is 0 Å². The number of aromatic carboxylic acids is 1. The second kappa shape index (κ2) is 6.28. The van der Waals surface area contributed by atoms with Crippen LogP contribution in [0.5, 0.6) is 0 Å². The predicted octanol–water partition coefficient (Wildman–Crippen LogP) is 3.35. The van der Waals surface area contributed by atoms with Crippen molar-refractivity contribution in [3.05, 3.63) is 58.5 Å². The summed E-state index contributed by atoms with van der Waals surface area (Å²) in [5, 5.41) is 11.7. The molecule has 0 spiro atoms. The van der Waals surface area contributed by atoms with Gasteiger partial charge in [0.05, 0.1) is 6.04 Å². The van der Waals surface area contributed by atoms with Gasteiger partial charge in [0.1, 0.15) is 0 Å². The van der Waals surface area contributed by atoms with Gasteiger partial charge in [-0.3, -0.25) is 4.79 Å². The highest BCUT2D eigenvalue weighted by molar-refractivity contribution is 5.93. The number of nitrogens with one attached hydrogen (secondary N) is 1. The average Bonchev–Trinajstić information content (AvgIpc) is 3.04. The Kier molecular flexibility index (Phi) is 4.19. The molecule has 3 rings (SSSR count).